The van der Waals surface area contributed by atoms with E-state index in [-0.39, 0.29) is 92.1 Å². The molecule has 12 N–H and O–H groups in total. The molecule has 2 amide bonds. The maximum absolute atomic E-state index is 14.7. The second-order valence-corrected chi connectivity index (χ2v) is 30.0. The Kier molecular flexibility index (Phi) is 35.4. The molecule has 0 radical (unpaired) electrons. The number of aromatic carboxylic acids is 1. The topological polar surface area (TPSA) is 336 Å². The van der Waals surface area contributed by atoms with E-state index in [1.807, 2.05) is 35.8 Å². The summed E-state index contributed by atoms with van der Waals surface area (Å²) in [4.78, 5) is 73.1. The fraction of sp³-hybridized carbons (Fsp3) is 0.393. The number of amides is 2. The van der Waals surface area contributed by atoms with Crippen molar-refractivity contribution in [2.75, 3.05) is 167 Å². The van der Waals surface area contributed by atoms with E-state index in [4.69, 9.17) is 30.2 Å². The van der Waals surface area contributed by atoms with Crippen molar-refractivity contribution in [3.05, 3.63) is 161 Å². The SMILES string of the molecule is COC(=O)CN.COC(=O)CNC(=O)c1ccc(NCC#Cc2cc3c(N[C@@H]4CCN(C)C[C@@H]4F)cccc3n2CC(F)(F)F)c(OC)c1.COc1cc(C(=O)NCC(=O)O)ccc1NCC#Cc1cc2c(N[C@@H]3CCN(C)C[C@@H]3F)cccc2n1CC(F)(F)F.COc1cc(C(=O)O)ccc1NCC#Cc1cc2c(N[C@@H]3CCN(C)C[C@@H]3F)cccc2n1CC(F)(F)F. The van der Waals surface area contributed by atoms with Crippen LogP contribution in [0, 0.1) is 35.5 Å². The molecule has 3 aliphatic rings. The van der Waals surface area contributed by atoms with Gasteiger partial charge >= 0.3 is 42.4 Å². The summed E-state index contributed by atoms with van der Waals surface area (Å²) in [5.41, 5.74) is 9.92. The Bertz CT molecular complexity index is 5620. The van der Waals surface area contributed by atoms with Crippen molar-refractivity contribution in [1.29, 1.82) is 0 Å². The van der Waals surface area contributed by atoms with Crippen molar-refractivity contribution in [3.8, 4) is 52.8 Å². The third-order valence-electron chi connectivity index (χ3n) is 20.6. The number of carbonyl (C=O) groups is 6. The first-order chi connectivity index (χ1) is 61.3. The molecule has 3 aromatic heterocycles. The molecule has 0 spiro atoms. The lowest BCUT2D eigenvalue weighted by Crippen LogP contribution is -2.46. The number of esters is 2. The first-order valence-electron chi connectivity index (χ1n) is 40.2. The third-order valence-corrected chi connectivity index (χ3v) is 20.6. The van der Waals surface area contributed by atoms with Crippen LogP contribution in [0.5, 0.6) is 17.2 Å². The summed E-state index contributed by atoms with van der Waals surface area (Å²) in [6, 6.07) is 31.6. The van der Waals surface area contributed by atoms with Crippen molar-refractivity contribution in [3.63, 3.8) is 0 Å². The zero-order valence-corrected chi connectivity index (χ0v) is 71.5. The number of nitrogens with one attached hydrogen (secondary N) is 8. The maximum Gasteiger partial charge on any atom is 0.406 e. The number of carboxylic acids is 2. The zero-order chi connectivity index (χ0) is 94.0. The third kappa shape index (κ3) is 28.8. The number of nitrogens with two attached hydrogens (primary N) is 1. The van der Waals surface area contributed by atoms with Crippen molar-refractivity contribution in [1.82, 2.24) is 39.0 Å². The highest BCUT2D eigenvalue weighted by Crippen LogP contribution is 2.37. The zero-order valence-electron chi connectivity index (χ0n) is 71.5. The summed E-state index contributed by atoms with van der Waals surface area (Å²) < 4.78 is 194. The molecule has 3 fully saturated rings. The van der Waals surface area contributed by atoms with E-state index >= 15 is 0 Å². The molecule has 3 aliphatic heterocycles. The monoisotopic (exact) mass is 1810 g/mol. The molecular formula is C89H99F12N15O13. The van der Waals surface area contributed by atoms with E-state index in [9.17, 15) is 81.5 Å². The maximum atomic E-state index is 14.7. The number of nitrogens with zero attached hydrogens (tertiary/aromatic N) is 6. The molecule has 12 rings (SSSR count). The fourth-order valence-electron chi connectivity index (χ4n) is 14.3. The van der Waals surface area contributed by atoms with Crippen LogP contribution in [-0.2, 0) is 43.5 Å². The van der Waals surface area contributed by atoms with Crippen LogP contribution in [-0.4, -0.2) is 265 Å². The number of aliphatic carboxylic acids is 1. The largest absolute Gasteiger partial charge is 0.495 e. The average molecular weight is 1810 g/mol. The number of piperidine rings is 3. The minimum Gasteiger partial charge on any atom is -0.495 e. The number of alkyl halides is 12. The Hall–Kier alpha value is -13.4. The van der Waals surface area contributed by atoms with E-state index in [0.29, 0.717) is 116 Å². The molecule has 0 bridgehead atoms. The van der Waals surface area contributed by atoms with Gasteiger partial charge in [0.05, 0.1) is 136 Å². The smallest absolute Gasteiger partial charge is 0.406 e. The number of ether oxygens (including phenoxy) is 5. The number of halogens is 12. The lowest BCUT2D eigenvalue weighted by atomic mass is 10.0. The van der Waals surface area contributed by atoms with Gasteiger partial charge in [0.25, 0.3) is 11.8 Å². The summed E-state index contributed by atoms with van der Waals surface area (Å²) in [6.07, 6.45) is -15.1. The average Bonchev–Trinajstić information content (AvgIpc) is 1.62. The minimum atomic E-state index is -4.49. The molecule has 28 nitrogen and oxygen atoms in total. The second-order valence-electron chi connectivity index (χ2n) is 30.0. The molecule has 6 heterocycles. The second kappa shape index (κ2) is 45.9. The molecule has 0 aliphatic carbocycles. The van der Waals surface area contributed by atoms with Gasteiger partial charge in [-0.3, -0.25) is 24.0 Å². The summed E-state index contributed by atoms with van der Waals surface area (Å²) in [5.74, 6) is 13.6. The van der Waals surface area contributed by atoms with E-state index in [2.05, 4.69) is 87.5 Å². The molecular weight excluding hydrogens is 1720 g/mol. The number of benzene rings is 6. The quantitative estimate of drug-likeness (QED) is 0.0136. The number of aromatic nitrogens is 3. The van der Waals surface area contributed by atoms with Gasteiger partial charge in [-0.15, -0.1) is 0 Å². The number of methoxy groups -OCH3 is 5. The highest BCUT2D eigenvalue weighted by molar-refractivity contribution is 5.99. The normalized spacial score (nSPS) is 17.0. The first kappa shape index (κ1) is 99.4. The van der Waals surface area contributed by atoms with Gasteiger partial charge in [0.2, 0.25) is 0 Å². The van der Waals surface area contributed by atoms with Gasteiger partial charge in [-0.1, -0.05) is 36.0 Å². The van der Waals surface area contributed by atoms with Gasteiger partial charge in [-0.05, 0) is 167 Å². The van der Waals surface area contributed by atoms with Crippen LogP contribution in [0.4, 0.5) is 86.8 Å². The van der Waals surface area contributed by atoms with Crippen LogP contribution in [0.1, 0.15) is 67.4 Å². The highest BCUT2D eigenvalue weighted by Gasteiger charge is 2.36. The lowest BCUT2D eigenvalue weighted by Gasteiger charge is -2.33. The van der Waals surface area contributed by atoms with Crippen LogP contribution in [0.3, 0.4) is 0 Å². The number of fused-ring (bicyclic) bond motifs is 3. The number of rotatable bonds is 26. The molecule has 692 valence electrons. The highest BCUT2D eigenvalue weighted by atomic mass is 19.4. The van der Waals surface area contributed by atoms with E-state index in [1.54, 1.807) is 84.9 Å². The van der Waals surface area contributed by atoms with Crippen molar-refractivity contribution in [2.24, 2.45) is 5.73 Å². The van der Waals surface area contributed by atoms with Crippen LogP contribution in [0.2, 0.25) is 0 Å². The summed E-state index contributed by atoms with van der Waals surface area (Å²) in [5, 5.41) is 42.8. The molecule has 0 saturated carbocycles. The number of hydrogen-bond donors (Lipinski definition) is 11. The molecule has 3 saturated heterocycles. The molecule has 40 heteroatoms. The number of anilines is 6. The Morgan fingerprint density at radius 1 is 0.426 bits per heavy atom. The first-order valence-corrected chi connectivity index (χ1v) is 40.2. The van der Waals surface area contributed by atoms with Gasteiger partial charge in [-0.25, -0.2) is 18.0 Å². The van der Waals surface area contributed by atoms with Gasteiger partial charge < -0.3 is 111 Å². The minimum absolute atomic E-state index is 0.0312. The van der Waals surface area contributed by atoms with Crippen molar-refractivity contribution >= 4 is 103 Å². The summed E-state index contributed by atoms with van der Waals surface area (Å²) >= 11 is 0. The Balaban J connectivity index is 0.000000211. The van der Waals surface area contributed by atoms with Gasteiger partial charge in [0, 0.05) is 83.6 Å². The van der Waals surface area contributed by atoms with Crippen LogP contribution in [0.15, 0.2) is 127 Å². The van der Waals surface area contributed by atoms with Gasteiger partial charge in [0.15, 0.2) is 0 Å². The predicted molar refractivity (Wildman–Crippen MR) is 465 cm³/mol. The Morgan fingerprint density at radius 3 is 1.01 bits per heavy atom. The summed E-state index contributed by atoms with van der Waals surface area (Å²) in [6.45, 7) is -1.39. The van der Waals surface area contributed by atoms with Crippen LogP contribution < -0.4 is 62.5 Å². The predicted octanol–water partition coefficient (Wildman–Crippen LogP) is 11.9. The van der Waals surface area contributed by atoms with E-state index < -0.39 is 111 Å². The lowest BCUT2D eigenvalue weighted by molar-refractivity contribution is -0.140. The molecule has 0 unspecified atom stereocenters. The van der Waals surface area contributed by atoms with Gasteiger partial charge in [0.1, 0.15) is 68.5 Å². The van der Waals surface area contributed by atoms with Crippen LogP contribution in [0.25, 0.3) is 32.7 Å². The standard InChI is InChI=1S/C30H33F4N5O4.C29H31F4N5O4.C27H28F4N4O3.C3H7NO2/c1-38-13-11-24(22(31)17-38)37-23-7-4-8-26-21(23)15-20(39(26)18-30(32,33)34)6-5-12-35-25-10-9-19(14-27(25)42-2)29(41)36-16-28(40)43-3;1-37-12-10-23(21(30)16-37)36-22-6-3-7-25-20(22)14-19(38(25)17-29(31,32)33)5-4-11-34-24-9-8-18(13-26(24)42-2)28(41)35-15-27(39)40;1-34-12-10-22(20(28)15-34)33-21-6-3-7-24-19(21)14-18(35(24)16-27(29,30)31)5-4-11-32-23-9-8-17(26(36)37)13-25(23)38-2;1-6-3(5)2-4/h4,7-10,14-15,22,24,35,37H,11-13,16-18H2,1-3H3,(H,36,41);3,6-9,13-14,21,23,34,36H,10-12,15-17H2,1-2H3,(H,35,41)(H,39,40);3,6-9,13-14,20,22,32-33H,10-12,15-16H2,1-2H3,(H,36,37);2,4H2,1H3/t22-,24+;21-,23+;20-,22+;/m000./s1. The van der Waals surface area contributed by atoms with Crippen LogP contribution >= 0.6 is 0 Å². The number of carboxylic acid groups (broad SMARTS) is 2. The Morgan fingerprint density at radius 2 is 0.736 bits per heavy atom. The molecule has 6 atom stereocenters. The number of likely N-dealkylation sites (tertiary alicyclic amines) is 3. The fourth-order valence-corrected chi connectivity index (χ4v) is 14.3. The Labute approximate surface area is 734 Å². The van der Waals surface area contributed by atoms with E-state index in [1.165, 1.54) is 78.0 Å². The number of hydrogen-bond acceptors (Lipinski definition) is 21. The number of carbonyl (C=O) groups excluding carboxylic acids is 4. The van der Waals surface area contributed by atoms with Crippen molar-refractivity contribution < 1.29 is 115 Å². The van der Waals surface area contributed by atoms with E-state index in [0.717, 1.165) is 20.2 Å². The molecule has 129 heavy (non-hydrogen) atoms. The summed E-state index contributed by atoms with van der Waals surface area (Å²) in [7, 11) is 12.3. The molecule has 6 aromatic carbocycles. The van der Waals surface area contributed by atoms with Gasteiger partial charge in [-0.2, -0.15) is 39.5 Å². The van der Waals surface area contributed by atoms with Crippen molar-refractivity contribution in [2.45, 2.75) is 94.1 Å². The molecule has 9 aromatic rings.